The van der Waals surface area contributed by atoms with E-state index >= 15 is 0 Å². The Morgan fingerprint density at radius 2 is 1.39 bits per heavy atom. The van der Waals surface area contributed by atoms with E-state index in [2.05, 4.69) is 117 Å². The second-order valence-electron chi connectivity index (χ2n) is 11.6. The third-order valence-electron chi connectivity index (χ3n) is 8.05. The van der Waals surface area contributed by atoms with Crippen LogP contribution in [0.3, 0.4) is 0 Å². The van der Waals surface area contributed by atoms with Crippen molar-refractivity contribution in [2.45, 2.75) is 31.6 Å². The maximum Gasteiger partial charge on any atom is 0.145 e. The van der Waals surface area contributed by atoms with E-state index in [0.29, 0.717) is 0 Å². The number of fused-ring (bicyclic) bond motifs is 3. The summed E-state index contributed by atoms with van der Waals surface area (Å²) >= 11 is 0. The Labute approximate surface area is 241 Å². The van der Waals surface area contributed by atoms with Crippen LogP contribution >= 0.6 is 0 Å². The summed E-state index contributed by atoms with van der Waals surface area (Å²) < 4.78 is 8.47. The van der Waals surface area contributed by atoms with E-state index in [1.807, 2.05) is 47.6 Å². The van der Waals surface area contributed by atoms with Crippen LogP contribution in [0.2, 0.25) is 0 Å². The normalized spacial score (nSPS) is 13.4. The molecule has 0 saturated carbocycles. The van der Waals surface area contributed by atoms with Crippen molar-refractivity contribution in [3.8, 4) is 28.4 Å². The summed E-state index contributed by atoms with van der Waals surface area (Å²) in [5.74, 6) is 2.40. The number of hydrogen-bond acceptors (Lipinski definition) is 3. The van der Waals surface area contributed by atoms with E-state index in [0.717, 1.165) is 28.6 Å². The quantitative estimate of drug-likeness (QED) is 0.222. The van der Waals surface area contributed by atoms with Gasteiger partial charge >= 0.3 is 0 Å². The first-order valence-corrected chi connectivity index (χ1v) is 14.0. The minimum Gasteiger partial charge on any atom is -0.456 e. The van der Waals surface area contributed by atoms with Crippen LogP contribution in [0.25, 0.3) is 16.9 Å². The summed E-state index contributed by atoms with van der Waals surface area (Å²) in [4.78, 5) is 9.53. The molecule has 0 bridgehead atoms. The van der Waals surface area contributed by atoms with Crippen LogP contribution in [0.5, 0.6) is 11.5 Å². The van der Waals surface area contributed by atoms with Crippen LogP contribution in [0.4, 0.5) is 0 Å². The molecule has 4 heteroatoms. The number of nitrogens with zero attached hydrogens (tertiary/aromatic N) is 3. The van der Waals surface area contributed by atoms with Gasteiger partial charge in [0.2, 0.25) is 0 Å². The lowest BCUT2D eigenvalue weighted by molar-refractivity contribution is 0.481. The molecule has 0 unspecified atom stereocenters. The van der Waals surface area contributed by atoms with Crippen molar-refractivity contribution >= 4 is 0 Å². The molecule has 4 nitrogen and oxygen atoms in total. The van der Waals surface area contributed by atoms with E-state index < -0.39 is 5.41 Å². The second kappa shape index (κ2) is 9.60. The monoisotopic (exact) mass is 533 g/mol. The molecule has 1 aliphatic carbocycles. The minimum atomic E-state index is -0.558. The zero-order valence-corrected chi connectivity index (χ0v) is 23.5. The molecular weight excluding hydrogens is 502 g/mol. The first kappa shape index (κ1) is 25.0. The number of benzene rings is 3. The Bertz CT molecular complexity index is 1820. The first-order chi connectivity index (χ1) is 19.9. The van der Waals surface area contributed by atoms with Crippen LogP contribution in [0, 0.1) is 0 Å². The van der Waals surface area contributed by atoms with Gasteiger partial charge in [-0.25, -0.2) is 4.98 Å². The van der Waals surface area contributed by atoms with Gasteiger partial charge in [0.15, 0.2) is 0 Å². The van der Waals surface area contributed by atoms with Crippen molar-refractivity contribution in [3.63, 3.8) is 0 Å². The highest BCUT2D eigenvalue weighted by molar-refractivity contribution is 5.85. The maximum absolute atomic E-state index is 6.47. The van der Waals surface area contributed by atoms with Crippen molar-refractivity contribution in [1.29, 1.82) is 0 Å². The average Bonchev–Trinajstić information content (AvgIpc) is 3.59. The molecule has 0 amide bonds. The Balaban J connectivity index is 1.31. The molecule has 0 saturated heterocycles. The van der Waals surface area contributed by atoms with Gasteiger partial charge in [-0.1, -0.05) is 87.5 Å². The topological polar surface area (TPSA) is 39.9 Å². The van der Waals surface area contributed by atoms with Gasteiger partial charge in [-0.2, -0.15) is 0 Å². The van der Waals surface area contributed by atoms with E-state index in [4.69, 9.17) is 9.72 Å². The summed E-state index contributed by atoms with van der Waals surface area (Å²) in [5, 5.41) is 0. The lowest BCUT2D eigenvalue weighted by Crippen LogP contribution is -2.29. The highest BCUT2D eigenvalue weighted by Crippen LogP contribution is 2.55. The fraction of sp³-hybridized carbons (Fsp3) is 0.135. The molecule has 200 valence electrons. The van der Waals surface area contributed by atoms with Gasteiger partial charge in [0.1, 0.15) is 17.3 Å². The van der Waals surface area contributed by atoms with Gasteiger partial charge in [-0.3, -0.25) is 4.98 Å². The molecule has 0 N–H and O–H groups in total. The predicted octanol–water partition coefficient (Wildman–Crippen LogP) is 8.72. The van der Waals surface area contributed by atoms with Gasteiger partial charge in [0.05, 0.1) is 17.3 Å². The number of ether oxygens (including phenoxy) is 1. The summed E-state index contributed by atoms with van der Waals surface area (Å²) in [6.07, 6.45) is 7.73. The molecular formula is C37H31N3O. The summed E-state index contributed by atoms with van der Waals surface area (Å²) in [6, 6.07) is 38.1. The molecule has 7 rings (SSSR count). The summed E-state index contributed by atoms with van der Waals surface area (Å²) in [6.45, 7) is 6.63. The smallest absolute Gasteiger partial charge is 0.145 e. The van der Waals surface area contributed by atoms with Crippen molar-refractivity contribution in [1.82, 2.24) is 14.5 Å². The third kappa shape index (κ3) is 4.15. The largest absolute Gasteiger partial charge is 0.456 e. The van der Waals surface area contributed by atoms with Gasteiger partial charge < -0.3 is 9.30 Å². The maximum atomic E-state index is 6.47. The molecule has 1 aliphatic rings. The SMILES string of the molecule is CC(C)(C)c1ccnc(-n2ccc(Oc3cccc(C4(c5ccccn5)c5ccccc5-c5ccccc54)c3)c2)c1. The molecule has 6 aromatic rings. The Kier molecular flexibility index (Phi) is 5.86. The van der Waals surface area contributed by atoms with E-state index in [1.54, 1.807) is 0 Å². The lowest BCUT2D eigenvalue weighted by Gasteiger charge is -2.32. The van der Waals surface area contributed by atoms with Gasteiger partial charge in [0.25, 0.3) is 0 Å². The van der Waals surface area contributed by atoms with Crippen LogP contribution in [0.1, 0.15) is 48.7 Å². The number of aromatic nitrogens is 3. The van der Waals surface area contributed by atoms with Gasteiger partial charge in [-0.05, 0) is 81.3 Å². The first-order valence-electron chi connectivity index (χ1n) is 14.0. The van der Waals surface area contributed by atoms with E-state index in [1.165, 1.54) is 27.8 Å². The number of pyridine rings is 2. The molecule has 3 aromatic carbocycles. The van der Waals surface area contributed by atoms with Gasteiger partial charge in [0, 0.05) is 18.6 Å². The molecule has 0 spiro atoms. The Morgan fingerprint density at radius 1 is 0.659 bits per heavy atom. The van der Waals surface area contributed by atoms with Crippen molar-refractivity contribution < 1.29 is 4.74 Å². The van der Waals surface area contributed by atoms with Crippen LogP contribution in [-0.4, -0.2) is 14.5 Å². The third-order valence-corrected chi connectivity index (χ3v) is 8.05. The van der Waals surface area contributed by atoms with E-state index in [-0.39, 0.29) is 5.41 Å². The highest BCUT2D eigenvalue weighted by Gasteiger charge is 2.47. The predicted molar refractivity (Wildman–Crippen MR) is 164 cm³/mol. The zero-order valence-electron chi connectivity index (χ0n) is 23.5. The molecule has 0 radical (unpaired) electrons. The molecule has 41 heavy (non-hydrogen) atoms. The molecule has 0 atom stereocenters. The van der Waals surface area contributed by atoms with Crippen molar-refractivity contribution in [3.05, 3.63) is 162 Å². The van der Waals surface area contributed by atoms with Crippen molar-refractivity contribution in [2.24, 2.45) is 0 Å². The molecule has 0 fully saturated rings. The van der Waals surface area contributed by atoms with Crippen LogP contribution < -0.4 is 4.74 Å². The minimum absolute atomic E-state index is 0.0473. The number of hydrogen-bond donors (Lipinski definition) is 0. The van der Waals surface area contributed by atoms with Crippen LogP contribution in [-0.2, 0) is 10.8 Å². The molecule has 3 heterocycles. The Hall–Kier alpha value is -4.96. The lowest BCUT2D eigenvalue weighted by atomic mass is 9.70. The number of rotatable bonds is 5. The second-order valence-corrected chi connectivity index (χ2v) is 11.6. The van der Waals surface area contributed by atoms with E-state index in [9.17, 15) is 0 Å². The van der Waals surface area contributed by atoms with Gasteiger partial charge in [-0.15, -0.1) is 0 Å². The molecule has 0 aliphatic heterocycles. The molecule has 3 aromatic heterocycles. The summed E-state index contributed by atoms with van der Waals surface area (Å²) in [7, 11) is 0. The average molecular weight is 534 g/mol. The van der Waals surface area contributed by atoms with Crippen molar-refractivity contribution in [2.75, 3.05) is 0 Å². The summed E-state index contributed by atoms with van der Waals surface area (Å²) in [5.41, 5.74) is 7.77. The van der Waals surface area contributed by atoms with Crippen LogP contribution in [0.15, 0.2) is 134 Å². The highest BCUT2D eigenvalue weighted by atomic mass is 16.5. The standard InChI is InChI=1S/C37H31N3O/c1-36(2,3)26-18-21-39-35(24-26)40-22-19-29(25-40)41-28-12-10-11-27(23-28)37(34-17-8-9-20-38-34)32-15-6-4-13-30(32)31-14-5-7-16-33(31)37/h4-25H,1-3H3. The fourth-order valence-electron chi connectivity index (χ4n) is 6.09. The fourth-order valence-corrected chi connectivity index (χ4v) is 6.09. The Morgan fingerprint density at radius 3 is 2.10 bits per heavy atom. The zero-order chi connectivity index (χ0) is 28.0.